The Morgan fingerprint density at radius 1 is 1.43 bits per heavy atom. The van der Waals surface area contributed by atoms with Crippen LogP contribution >= 0.6 is 15.9 Å². The maximum atomic E-state index is 5.88. The van der Waals surface area contributed by atoms with Gasteiger partial charge in [-0.05, 0) is 11.6 Å². The molecule has 3 nitrogen and oxygen atoms in total. The van der Waals surface area contributed by atoms with E-state index in [0.717, 1.165) is 17.8 Å². The SMILES string of the molecule is Nc1ccccc1C1COC(Br)CN1. The minimum absolute atomic E-state index is 0.115. The van der Waals surface area contributed by atoms with Crippen molar-refractivity contribution in [1.29, 1.82) is 0 Å². The lowest BCUT2D eigenvalue weighted by Gasteiger charge is -2.28. The van der Waals surface area contributed by atoms with Gasteiger partial charge in [-0.25, -0.2) is 0 Å². The fourth-order valence-electron chi connectivity index (χ4n) is 1.58. The lowest BCUT2D eigenvalue weighted by molar-refractivity contribution is 0.0593. The molecule has 1 aromatic rings. The summed E-state index contributed by atoms with van der Waals surface area (Å²) in [6, 6.07) is 8.09. The van der Waals surface area contributed by atoms with Crippen LogP contribution < -0.4 is 11.1 Å². The molecule has 0 amide bonds. The van der Waals surface area contributed by atoms with E-state index in [1.807, 2.05) is 24.3 Å². The Morgan fingerprint density at radius 3 is 2.86 bits per heavy atom. The number of nitrogens with one attached hydrogen (secondary N) is 1. The van der Waals surface area contributed by atoms with Crippen LogP contribution in [0.1, 0.15) is 11.6 Å². The topological polar surface area (TPSA) is 47.3 Å². The second-order valence-corrected chi connectivity index (χ2v) is 4.35. The zero-order chi connectivity index (χ0) is 9.97. The molecule has 14 heavy (non-hydrogen) atoms. The minimum Gasteiger partial charge on any atom is -0.398 e. The highest BCUT2D eigenvalue weighted by Crippen LogP contribution is 2.23. The maximum Gasteiger partial charge on any atom is 0.124 e. The normalized spacial score (nSPS) is 27.5. The van der Waals surface area contributed by atoms with E-state index >= 15 is 0 Å². The zero-order valence-electron chi connectivity index (χ0n) is 7.74. The van der Waals surface area contributed by atoms with Gasteiger partial charge in [0.25, 0.3) is 0 Å². The molecule has 0 aromatic heterocycles. The lowest BCUT2D eigenvalue weighted by Crippen LogP contribution is -2.38. The van der Waals surface area contributed by atoms with Crippen LogP contribution in [-0.2, 0) is 4.74 Å². The summed E-state index contributed by atoms with van der Waals surface area (Å²) < 4.78 is 5.50. The number of rotatable bonds is 1. The summed E-state index contributed by atoms with van der Waals surface area (Å²) in [6.07, 6.45) is 0. The number of anilines is 1. The molecule has 0 spiro atoms. The summed E-state index contributed by atoms with van der Waals surface area (Å²) >= 11 is 3.39. The van der Waals surface area contributed by atoms with Gasteiger partial charge in [-0.3, -0.25) is 0 Å². The summed E-state index contributed by atoms with van der Waals surface area (Å²) in [5.41, 5.74) is 7.82. The second-order valence-electron chi connectivity index (χ2n) is 3.33. The largest absolute Gasteiger partial charge is 0.398 e. The predicted molar refractivity (Wildman–Crippen MR) is 60.3 cm³/mol. The second kappa shape index (κ2) is 4.29. The van der Waals surface area contributed by atoms with Crippen molar-refractivity contribution in [3.8, 4) is 0 Å². The number of nitrogens with two attached hydrogens (primary N) is 1. The Kier molecular flexibility index (Phi) is 3.05. The molecule has 2 unspecified atom stereocenters. The summed E-state index contributed by atoms with van der Waals surface area (Å²) in [4.78, 5) is 0. The molecule has 3 N–H and O–H groups in total. The van der Waals surface area contributed by atoms with Gasteiger partial charge in [0.1, 0.15) is 5.01 Å². The van der Waals surface area contributed by atoms with Crippen molar-refractivity contribution in [3.63, 3.8) is 0 Å². The van der Waals surface area contributed by atoms with Gasteiger partial charge in [0, 0.05) is 12.2 Å². The molecule has 1 aromatic carbocycles. The van der Waals surface area contributed by atoms with Gasteiger partial charge in [-0.1, -0.05) is 34.1 Å². The molecule has 1 aliphatic rings. The number of para-hydroxylation sites is 1. The van der Waals surface area contributed by atoms with E-state index < -0.39 is 0 Å². The number of ether oxygens (including phenoxy) is 1. The smallest absolute Gasteiger partial charge is 0.124 e. The van der Waals surface area contributed by atoms with Crippen molar-refractivity contribution in [1.82, 2.24) is 5.32 Å². The Hall–Kier alpha value is -0.580. The molecule has 0 aliphatic carbocycles. The Labute approximate surface area is 91.8 Å². The molecule has 2 atom stereocenters. The molecule has 0 saturated carbocycles. The molecular weight excluding hydrogens is 244 g/mol. The first-order valence-electron chi connectivity index (χ1n) is 4.61. The Morgan fingerprint density at radius 2 is 2.21 bits per heavy atom. The van der Waals surface area contributed by atoms with Crippen LogP contribution in [0.15, 0.2) is 24.3 Å². The van der Waals surface area contributed by atoms with Crippen LogP contribution in [0.3, 0.4) is 0 Å². The molecule has 1 aliphatic heterocycles. The summed E-state index contributed by atoms with van der Waals surface area (Å²) in [6.45, 7) is 1.46. The van der Waals surface area contributed by atoms with Gasteiger partial charge in [-0.15, -0.1) is 0 Å². The maximum absolute atomic E-state index is 5.88. The van der Waals surface area contributed by atoms with Crippen LogP contribution in [0, 0.1) is 0 Å². The van der Waals surface area contributed by atoms with E-state index in [2.05, 4.69) is 21.2 Å². The van der Waals surface area contributed by atoms with Gasteiger partial charge >= 0.3 is 0 Å². The molecule has 0 radical (unpaired) electrons. The van der Waals surface area contributed by atoms with Gasteiger partial charge in [0.2, 0.25) is 0 Å². The number of hydrogen-bond donors (Lipinski definition) is 2. The van der Waals surface area contributed by atoms with Crippen molar-refractivity contribution in [3.05, 3.63) is 29.8 Å². The van der Waals surface area contributed by atoms with Gasteiger partial charge in [-0.2, -0.15) is 0 Å². The number of morpholine rings is 1. The highest BCUT2D eigenvalue weighted by atomic mass is 79.9. The van der Waals surface area contributed by atoms with E-state index in [1.54, 1.807) is 0 Å². The van der Waals surface area contributed by atoms with E-state index in [1.165, 1.54) is 0 Å². The summed E-state index contributed by atoms with van der Waals surface area (Å²) in [5.74, 6) is 0. The third kappa shape index (κ3) is 2.08. The molecule has 76 valence electrons. The fraction of sp³-hybridized carbons (Fsp3) is 0.400. The van der Waals surface area contributed by atoms with Gasteiger partial charge in [0.05, 0.1) is 12.6 Å². The molecule has 1 heterocycles. The molecule has 4 heteroatoms. The first-order valence-corrected chi connectivity index (χ1v) is 5.52. The first-order chi connectivity index (χ1) is 6.77. The number of benzene rings is 1. The molecular formula is C10H13BrN2O. The van der Waals surface area contributed by atoms with E-state index in [0.29, 0.717) is 6.61 Å². The Bertz CT molecular complexity index is 311. The van der Waals surface area contributed by atoms with Crippen LogP contribution in [0.25, 0.3) is 0 Å². The van der Waals surface area contributed by atoms with E-state index in [-0.39, 0.29) is 11.1 Å². The third-order valence-corrected chi connectivity index (χ3v) is 2.93. The fourth-order valence-corrected chi connectivity index (χ4v) is 1.92. The monoisotopic (exact) mass is 256 g/mol. The molecule has 2 rings (SSSR count). The number of alkyl halides is 1. The minimum atomic E-state index is 0.115. The quantitative estimate of drug-likeness (QED) is 0.594. The van der Waals surface area contributed by atoms with Gasteiger partial charge < -0.3 is 15.8 Å². The Balaban J connectivity index is 2.12. The first kappa shape index (κ1) is 9.96. The van der Waals surface area contributed by atoms with Gasteiger partial charge in [0.15, 0.2) is 0 Å². The van der Waals surface area contributed by atoms with Crippen molar-refractivity contribution in [2.75, 3.05) is 18.9 Å². The summed E-state index contributed by atoms with van der Waals surface area (Å²) in [5, 5.41) is 3.49. The number of hydrogen-bond acceptors (Lipinski definition) is 3. The van der Waals surface area contributed by atoms with Crippen LogP contribution in [-0.4, -0.2) is 18.2 Å². The van der Waals surface area contributed by atoms with Crippen LogP contribution in [0.4, 0.5) is 5.69 Å². The van der Waals surface area contributed by atoms with Crippen LogP contribution in [0.2, 0.25) is 0 Å². The average molecular weight is 257 g/mol. The summed E-state index contributed by atoms with van der Waals surface area (Å²) in [7, 11) is 0. The predicted octanol–water partition coefficient (Wildman–Crippen LogP) is 1.65. The molecule has 0 bridgehead atoms. The van der Waals surface area contributed by atoms with Crippen molar-refractivity contribution < 1.29 is 4.74 Å². The van der Waals surface area contributed by atoms with Crippen LogP contribution in [0.5, 0.6) is 0 Å². The molecule has 1 saturated heterocycles. The zero-order valence-corrected chi connectivity index (χ0v) is 9.33. The number of halogens is 1. The molecule has 1 fully saturated rings. The highest BCUT2D eigenvalue weighted by molar-refractivity contribution is 9.09. The standard InChI is InChI=1S/C10H13BrN2O/c11-10-5-13-9(6-14-10)7-3-1-2-4-8(7)12/h1-4,9-10,13H,5-6,12H2. The van der Waals surface area contributed by atoms with E-state index in [4.69, 9.17) is 10.5 Å². The highest BCUT2D eigenvalue weighted by Gasteiger charge is 2.21. The van der Waals surface area contributed by atoms with Crippen molar-refractivity contribution >= 4 is 21.6 Å². The third-order valence-electron chi connectivity index (χ3n) is 2.34. The lowest BCUT2D eigenvalue weighted by atomic mass is 10.1. The van der Waals surface area contributed by atoms with Crippen molar-refractivity contribution in [2.45, 2.75) is 11.1 Å². The van der Waals surface area contributed by atoms with Crippen molar-refractivity contribution in [2.24, 2.45) is 0 Å². The van der Waals surface area contributed by atoms with E-state index in [9.17, 15) is 0 Å². The number of nitrogen functional groups attached to an aromatic ring is 1. The average Bonchev–Trinajstić information content (AvgIpc) is 2.20.